The SMILES string of the molecule is CC1(C)c2ccc(-c3cccc4sc5ccccc5c34)cc2-c2cccc(-c3nc(-c4ccccc4)nc(-c4cccc5c6ccccc6n(-c6ccccc6)c45)n3)c21. The minimum absolute atomic E-state index is 0.305. The molecule has 11 aromatic rings. The van der Waals surface area contributed by atoms with Crippen LogP contribution in [0.1, 0.15) is 25.0 Å². The van der Waals surface area contributed by atoms with Gasteiger partial charge in [0, 0.05) is 58.7 Å². The summed E-state index contributed by atoms with van der Waals surface area (Å²) in [6.45, 7) is 4.68. The highest BCUT2D eigenvalue weighted by atomic mass is 32.1. The second-order valence-electron chi connectivity index (χ2n) is 16.0. The highest BCUT2D eigenvalue weighted by molar-refractivity contribution is 7.25. The lowest BCUT2D eigenvalue weighted by Crippen LogP contribution is -2.17. The molecular formula is C54H36N4S. The molecule has 1 aliphatic rings. The van der Waals surface area contributed by atoms with E-state index in [4.69, 9.17) is 15.0 Å². The van der Waals surface area contributed by atoms with Gasteiger partial charge in [-0.25, -0.2) is 15.0 Å². The minimum atomic E-state index is -0.305. The van der Waals surface area contributed by atoms with E-state index in [0.29, 0.717) is 17.5 Å². The van der Waals surface area contributed by atoms with Gasteiger partial charge in [-0.1, -0.05) is 153 Å². The van der Waals surface area contributed by atoms with Gasteiger partial charge in [-0.2, -0.15) is 0 Å². The number of thiophene rings is 1. The Morgan fingerprint density at radius 3 is 1.90 bits per heavy atom. The minimum Gasteiger partial charge on any atom is -0.309 e. The largest absolute Gasteiger partial charge is 0.309 e. The smallest absolute Gasteiger partial charge is 0.166 e. The van der Waals surface area contributed by atoms with Crippen LogP contribution in [0.3, 0.4) is 0 Å². The molecule has 59 heavy (non-hydrogen) atoms. The van der Waals surface area contributed by atoms with Gasteiger partial charge in [-0.05, 0) is 75.8 Å². The van der Waals surface area contributed by atoms with E-state index in [-0.39, 0.29) is 5.41 Å². The normalized spacial score (nSPS) is 13.1. The zero-order chi connectivity index (χ0) is 39.2. The average molecular weight is 773 g/mol. The Morgan fingerprint density at radius 1 is 0.441 bits per heavy atom. The summed E-state index contributed by atoms with van der Waals surface area (Å²) in [7, 11) is 0. The molecule has 12 rings (SSSR count). The summed E-state index contributed by atoms with van der Waals surface area (Å²) in [6.07, 6.45) is 0. The summed E-state index contributed by atoms with van der Waals surface area (Å²) < 4.78 is 4.98. The second-order valence-corrected chi connectivity index (χ2v) is 17.0. The molecule has 8 aromatic carbocycles. The maximum absolute atomic E-state index is 5.45. The Balaban J connectivity index is 1.08. The van der Waals surface area contributed by atoms with Crippen molar-refractivity contribution >= 4 is 53.3 Å². The molecule has 0 bridgehead atoms. The summed E-state index contributed by atoms with van der Waals surface area (Å²) in [5.74, 6) is 1.96. The molecule has 0 saturated heterocycles. The van der Waals surface area contributed by atoms with E-state index in [1.165, 1.54) is 58.9 Å². The van der Waals surface area contributed by atoms with Gasteiger partial charge in [0.05, 0.1) is 11.0 Å². The van der Waals surface area contributed by atoms with Crippen molar-refractivity contribution in [1.82, 2.24) is 19.5 Å². The fraction of sp³-hybridized carbons (Fsp3) is 0.0556. The van der Waals surface area contributed by atoms with E-state index in [0.717, 1.165) is 38.8 Å². The predicted octanol–water partition coefficient (Wildman–Crippen LogP) is 14.3. The summed E-state index contributed by atoms with van der Waals surface area (Å²) >= 11 is 1.86. The average Bonchev–Trinajstić information content (AvgIpc) is 3.92. The Kier molecular flexibility index (Phi) is 7.41. The van der Waals surface area contributed by atoms with Gasteiger partial charge in [0.2, 0.25) is 0 Å². The lowest BCUT2D eigenvalue weighted by Gasteiger charge is -2.24. The molecule has 3 aromatic heterocycles. The first kappa shape index (κ1) is 33.9. The third-order valence-corrected chi connectivity index (χ3v) is 13.4. The maximum atomic E-state index is 5.45. The Labute approximate surface area is 345 Å². The van der Waals surface area contributed by atoms with Crippen molar-refractivity contribution in [2.75, 3.05) is 0 Å². The van der Waals surface area contributed by atoms with Crippen LogP contribution in [0.2, 0.25) is 0 Å². The standard InChI is InChI=1S/C54H36N4S/c1-54(2)44-31-30-34(36-22-15-29-47-48(36)40-21-10-12-28-46(40)59-47)32-43(44)38-23-13-25-41(49(38)54)52-55-51(33-16-5-3-6-17-33)56-53(57-52)42-26-14-24-39-37-20-9-11-27-45(37)58(50(39)42)35-18-7-4-8-19-35/h3-32H,1-2H3. The molecule has 0 fully saturated rings. The molecule has 0 atom stereocenters. The molecule has 1 aliphatic carbocycles. The Morgan fingerprint density at radius 2 is 1.05 bits per heavy atom. The van der Waals surface area contributed by atoms with Gasteiger partial charge in [0.25, 0.3) is 0 Å². The van der Waals surface area contributed by atoms with Crippen molar-refractivity contribution in [2.24, 2.45) is 0 Å². The molecule has 0 saturated carbocycles. The highest BCUT2D eigenvalue weighted by Crippen LogP contribution is 2.53. The second kappa shape index (κ2) is 12.9. The van der Waals surface area contributed by atoms with Crippen molar-refractivity contribution in [3.63, 3.8) is 0 Å². The van der Waals surface area contributed by atoms with Gasteiger partial charge in [-0.15, -0.1) is 11.3 Å². The molecule has 0 spiro atoms. The van der Waals surface area contributed by atoms with Crippen molar-refractivity contribution in [2.45, 2.75) is 19.3 Å². The van der Waals surface area contributed by atoms with E-state index in [2.05, 4.69) is 182 Å². The fourth-order valence-corrected chi connectivity index (χ4v) is 10.8. The molecule has 0 N–H and O–H groups in total. The van der Waals surface area contributed by atoms with Crippen LogP contribution in [0.25, 0.3) is 104 Å². The number of benzene rings is 8. The number of aromatic nitrogens is 4. The van der Waals surface area contributed by atoms with Crippen molar-refractivity contribution in [3.05, 3.63) is 193 Å². The zero-order valence-corrected chi connectivity index (χ0v) is 33.3. The number of hydrogen-bond donors (Lipinski definition) is 0. The van der Waals surface area contributed by atoms with Crippen LogP contribution in [0.4, 0.5) is 0 Å². The van der Waals surface area contributed by atoms with E-state index in [1.54, 1.807) is 0 Å². The van der Waals surface area contributed by atoms with Gasteiger partial charge in [0.1, 0.15) is 0 Å². The van der Waals surface area contributed by atoms with Crippen LogP contribution in [0.15, 0.2) is 182 Å². The third-order valence-electron chi connectivity index (χ3n) is 12.2. The molecule has 0 amide bonds. The Bertz CT molecular complexity index is 3470. The number of fused-ring (bicyclic) bond motifs is 9. The lowest BCUT2D eigenvalue weighted by atomic mass is 9.79. The quantitative estimate of drug-likeness (QED) is 0.175. The molecule has 0 aliphatic heterocycles. The lowest BCUT2D eigenvalue weighted by molar-refractivity contribution is 0.661. The van der Waals surface area contributed by atoms with Crippen LogP contribution >= 0.6 is 11.3 Å². The first-order valence-electron chi connectivity index (χ1n) is 20.1. The number of para-hydroxylation sites is 3. The van der Waals surface area contributed by atoms with Crippen LogP contribution in [-0.4, -0.2) is 19.5 Å². The van der Waals surface area contributed by atoms with E-state index in [1.807, 2.05) is 29.5 Å². The third kappa shape index (κ3) is 5.11. The monoisotopic (exact) mass is 772 g/mol. The van der Waals surface area contributed by atoms with Crippen LogP contribution in [-0.2, 0) is 5.41 Å². The van der Waals surface area contributed by atoms with E-state index >= 15 is 0 Å². The van der Waals surface area contributed by atoms with Crippen molar-refractivity contribution in [3.8, 4) is 62.1 Å². The van der Waals surface area contributed by atoms with E-state index < -0.39 is 0 Å². The van der Waals surface area contributed by atoms with Gasteiger partial charge >= 0.3 is 0 Å². The van der Waals surface area contributed by atoms with Crippen LogP contribution in [0, 0.1) is 0 Å². The van der Waals surface area contributed by atoms with Crippen LogP contribution in [0.5, 0.6) is 0 Å². The summed E-state index contributed by atoms with van der Waals surface area (Å²) in [6, 6.07) is 65.2. The summed E-state index contributed by atoms with van der Waals surface area (Å²) in [5, 5.41) is 4.98. The van der Waals surface area contributed by atoms with Gasteiger partial charge in [0.15, 0.2) is 17.5 Å². The van der Waals surface area contributed by atoms with Crippen LogP contribution < -0.4 is 0 Å². The van der Waals surface area contributed by atoms with Crippen molar-refractivity contribution in [1.29, 1.82) is 0 Å². The number of rotatable bonds is 5. The van der Waals surface area contributed by atoms with Gasteiger partial charge in [-0.3, -0.25) is 0 Å². The zero-order valence-electron chi connectivity index (χ0n) is 32.5. The van der Waals surface area contributed by atoms with Gasteiger partial charge < -0.3 is 4.57 Å². The maximum Gasteiger partial charge on any atom is 0.166 e. The molecule has 0 radical (unpaired) electrons. The first-order chi connectivity index (χ1) is 29.0. The highest BCUT2D eigenvalue weighted by Gasteiger charge is 2.38. The number of hydrogen-bond acceptors (Lipinski definition) is 4. The topological polar surface area (TPSA) is 43.6 Å². The number of nitrogens with zero attached hydrogens (tertiary/aromatic N) is 4. The molecular weight excluding hydrogens is 737 g/mol. The van der Waals surface area contributed by atoms with Crippen molar-refractivity contribution < 1.29 is 0 Å². The first-order valence-corrected chi connectivity index (χ1v) is 20.9. The molecule has 278 valence electrons. The Hall–Kier alpha value is -7.21. The molecule has 3 heterocycles. The van der Waals surface area contributed by atoms with E-state index in [9.17, 15) is 0 Å². The summed E-state index contributed by atoms with van der Waals surface area (Å²) in [4.78, 5) is 16.0. The summed E-state index contributed by atoms with van der Waals surface area (Å²) in [5.41, 5.74) is 13.4. The molecule has 0 unspecified atom stereocenters. The fourth-order valence-electron chi connectivity index (χ4n) is 9.64. The molecule has 5 heteroatoms. The predicted molar refractivity (Wildman–Crippen MR) is 246 cm³/mol. The molecule has 4 nitrogen and oxygen atoms in total.